The molecule has 0 saturated heterocycles. The van der Waals surface area contributed by atoms with Crippen molar-refractivity contribution in [3.05, 3.63) is 84.2 Å². The lowest BCUT2D eigenvalue weighted by molar-refractivity contribution is 0.0953. The first-order valence-electron chi connectivity index (χ1n) is 9.39. The third-order valence-corrected chi connectivity index (χ3v) is 4.54. The largest absolute Gasteiger partial charge is 0.493 e. The molecular formula is C23H25N3O3. The van der Waals surface area contributed by atoms with E-state index in [9.17, 15) is 4.79 Å². The number of hydrogen-bond donors (Lipinski definition) is 1. The number of para-hydroxylation sites is 1. The normalized spacial score (nSPS) is 10.4. The molecule has 3 aromatic rings. The molecule has 150 valence electrons. The van der Waals surface area contributed by atoms with Gasteiger partial charge in [0.1, 0.15) is 0 Å². The van der Waals surface area contributed by atoms with Gasteiger partial charge in [0.05, 0.1) is 26.1 Å². The number of amides is 1. The third-order valence-electron chi connectivity index (χ3n) is 4.54. The number of aromatic nitrogens is 2. The molecule has 0 atom stereocenters. The van der Waals surface area contributed by atoms with Crippen LogP contribution in [-0.2, 0) is 12.8 Å². The van der Waals surface area contributed by atoms with Crippen molar-refractivity contribution in [3.8, 4) is 17.2 Å². The summed E-state index contributed by atoms with van der Waals surface area (Å²) in [6, 6.07) is 13.4. The Morgan fingerprint density at radius 1 is 1.21 bits per heavy atom. The lowest BCUT2D eigenvalue weighted by Gasteiger charge is -2.14. The highest BCUT2D eigenvalue weighted by Gasteiger charge is 2.15. The molecule has 0 aliphatic rings. The maximum Gasteiger partial charge on any atom is 0.251 e. The molecule has 0 bridgehead atoms. The second-order valence-electron chi connectivity index (χ2n) is 6.50. The Hall–Kier alpha value is -3.54. The van der Waals surface area contributed by atoms with Gasteiger partial charge in [-0.25, -0.2) is 4.68 Å². The van der Waals surface area contributed by atoms with E-state index in [-0.39, 0.29) is 5.91 Å². The van der Waals surface area contributed by atoms with Gasteiger partial charge in [0.2, 0.25) is 0 Å². The minimum Gasteiger partial charge on any atom is -0.493 e. The number of carbonyl (C=O) groups is 1. The molecule has 3 rings (SSSR count). The van der Waals surface area contributed by atoms with Crippen molar-refractivity contribution in [1.29, 1.82) is 0 Å². The Balaban J connectivity index is 1.64. The van der Waals surface area contributed by atoms with Gasteiger partial charge in [-0.1, -0.05) is 24.3 Å². The number of nitrogens with one attached hydrogen (secondary N) is 1. The van der Waals surface area contributed by atoms with Crippen molar-refractivity contribution >= 4 is 5.91 Å². The number of benzene rings is 2. The molecule has 1 heterocycles. The minimum absolute atomic E-state index is 0.160. The summed E-state index contributed by atoms with van der Waals surface area (Å²) in [6.07, 6.45) is 6.83. The fraction of sp³-hybridized carbons (Fsp3) is 0.217. The summed E-state index contributed by atoms with van der Waals surface area (Å²) in [6.45, 7) is 4.27. The topological polar surface area (TPSA) is 65.4 Å². The molecule has 1 aromatic heterocycles. The van der Waals surface area contributed by atoms with Gasteiger partial charge >= 0.3 is 0 Å². The molecular weight excluding hydrogens is 366 g/mol. The average molecular weight is 391 g/mol. The average Bonchev–Trinajstić information content (AvgIpc) is 3.23. The van der Waals surface area contributed by atoms with E-state index in [1.165, 1.54) is 0 Å². The van der Waals surface area contributed by atoms with E-state index in [1.807, 2.05) is 53.5 Å². The van der Waals surface area contributed by atoms with Crippen LogP contribution in [0, 0.1) is 0 Å². The number of allylic oxidation sites excluding steroid dienone is 1. The zero-order chi connectivity index (χ0) is 20.6. The zero-order valence-corrected chi connectivity index (χ0v) is 16.7. The molecule has 0 saturated carbocycles. The Morgan fingerprint density at radius 3 is 2.69 bits per heavy atom. The fourth-order valence-electron chi connectivity index (χ4n) is 3.12. The highest BCUT2D eigenvalue weighted by atomic mass is 16.5. The summed E-state index contributed by atoms with van der Waals surface area (Å²) in [5, 5.41) is 7.34. The molecule has 6 nitrogen and oxygen atoms in total. The van der Waals surface area contributed by atoms with Crippen molar-refractivity contribution in [3.63, 3.8) is 0 Å². The highest BCUT2D eigenvalue weighted by Crippen LogP contribution is 2.33. The SMILES string of the molecule is C=CCc1cc(C(=O)NCCc2cnn(-c3ccccc3)c2)cc(OC)c1OC. The van der Waals surface area contributed by atoms with E-state index < -0.39 is 0 Å². The van der Waals surface area contributed by atoms with Gasteiger partial charge < -0.3 is 14.8 Å². The predicted molar refractivity (Wildman–Crippen MR) is 113 cm³/mol. The summed E-state index contributed by atoms with van der Waals surface area (Å²) in [7, 11) is 3.14. The lowest BCUT2D eigenvalue weighted by Crippen LogP contribution is -2.25. The second kappa shape index (κ2) is 9.59. The van der Waals surface area contributed by atoms with Crippen LogP contribution in [0.5, 0.6) is 11.5 Å². The van der Waals surface area contributed by atoms with Gasteiger partial charge in [0.25, 0.3) is 5.91 Å². The first kappa shape index (κ1) is 20.2. The fourth-order valence-corrected chi connectivity index (χ4v) is 3.12. The van der Waals surface area contributed by atoms with Crippen molar-refractivity contribution in [2.45, 2.75) is 12.8 Å². The standard InChI is InChI=1S/C23H25N3O3/c1-4-8-18-13-19(14-21(28-2)22(18)29-3)23(27)24-12-11-17-15-25-26(16-17)20-9-6-5-7-10-20/h4-7,9-10,13-16H,1,8,11-12H2,2-3H3,(H,24,27). The van der Waals surface area contributed by atoms with Crippen molar-refractivity contribution in [1.82, 2.24) is 15.1 Å². The van der Waals surface area contributed by atoms with Gasteiger partial charge in [-0.2, -0.15) is 5.10 Å². The van der Waals surface area contributed by atoms with Crippen molar-refractivity contribution < 1.29 is 14.3 Å². The molecule has 0 spiro atoms. The number of rotatable bonds is 9. The van der Waals surface area contributed by atoms with E-state index in [0.29, 0.717) is 36.4 Å². The molecule has 0 radical (unpaired) electrons. The van der Waals surface area contributed by atoms with Gasteiger partial charge in [-0.15, -0.1) is 6.58 Å². The van der Waals surface area contributed by atoms with Gasteiger partial charge in [0, 0.05) is 23.9 Å². The summed E-state index contributed by atoms with van der Waals surface area (Å²) in [5.74, 6) is 0.991. The van der Waals surface area contributed by atoms with Crippen LogP contribution in [0.15, 0.2) is 67.5 Å². The number of carbonyl (C=O) groups excluding carboxylic acids is 1. The molecule has 2 aromatic carbocycles. The molecule has 1 amide bonds. The number of methoxy groups -OCH3 is 2. The molecule has 0 unspecified atom stereocenters. The van der Waals surface area contributed by atoms with E-state index in [4.69, 9.17) is 9.47 Å². The molecule has 0 aliphatic heterocycles. The first-order valence-corrected chi connectivity index (χ1v) is 9.39. The van der Waals surface area contributed by atoms with Gasteiger partial charge in [-0.3, -0.25) is 4.79 Å². The smallest absolute Gasteiger partial charge is 0.251 e. The summed E-state index contributed by atoms with van der Waals surface area (Å²) in [5.41, 5.74) is 3.44. The van der Waals surface area contributed by atoms with Crippen molar-refractivity contribution in [2.75, 3.05) is 20.8 Å². The first-order chi connectivity index (χ1) is 14.2. The van der Waals surface area contributed by atoms with E-state index >= 15 is 0 Å². The van der Waals surface area contributed by atoms with Crippen LogP contribution in [-0.4, -0.2) is 36.5 Å². The van der Waals surface area contributed by atoms with Gasteiger partial charge in [-0.05, 0) is 42.7 Å². The zero-order valence-electron chi connectivity index (χ0n) is 16.7. The quantitative estimate of drug-likeness (QED) is 0.566. The van der Waals surface area contributed by atoms with Crippen LogP contribution >= 0.6 is 0 Å². The summed E-state index contributed by atoms with van der Waals surface area (Å²) < 4.78 is 12.6. The van der Waals surface area contributed by atoms with Crippen LogP contribution in [0.2, 0.25) is 0 Å². The molecule has 0 fully saturated rings. The number of hydrogen-bond acceptors (Lipinski definition) is 4. The summed E-state index contributed by atoms with van der Waals surface area (Å²) >= 11 is 0. The Bertz CT molecular complexity index is 980. The minimum atomic E-state index is -0.160. The van der Waals surface area contributed by atoms with E-state index in [1.54, 1.807) is 26.4 Å². The Kier molecular flexibility index (Phi) is 6.68. The maximum atomic E-state index is 12.6. The van der Waals surface area contributed by atoms with Crippen LogP contribution in [0.4, 0.5) is 0 Å². The summed E-state index contributed by atoms with van der Waals surface area (Å²) in [4.78, 5) is 12.6. The van der Waals surface area contributed by atoms with Crippen molar-refractivity contribution in [2.24, 2.45) is 0 Å². The lowest BCUT2D eigenvalue weighted by atomic mass is 10.0. The molecule has 29 heavy (non-hydrogen) atoms. The van der Waals surface area contributed by atoms with E-state index in [0.717, 1.165) is 16.8 Å². The van der Waals surface area contributed by atoms with Gasteiger partial charge in [0.15, 0.2) is 11.5 Å². The molecule has 0 aliphatic carbocycles. The van der Waals surface area contributed by atoms with Crippen LogP contribution in [0.25, 0.3) is 5.69 Å². The predicted octanol–water partition coefficient (Wildman–Crippen LogP) is 3.59. The van der Waals surface area contributed by atoms with E-state index in [2.05, 4.69) is 17.0 Å². The highest BCUT2D eigenvalue weighted by molar-refractivity contribution is 5.95. The van der Waals surface area contributed by atoms with Crippen LogP contribution in [0.1, 0.15) is 21.5 Å². The third kappa shape index (κ3) is 4.85. The molecule has 1 N–H and O–H groups in total. The maximum absolute atomic E-state index is 12.6. The monoisotopic (exact) mass is 391 g/mol. The van der Waals surface area contributed by atoms with Crippen LogP contribution < -0.4 is 14.8 Å². The number of ether oxygens (including phenoxy) is 2. The second-order valence-corrected chi connectivity index (χ2v) is 6.50. The van der Waals surface area contributed by atoms with Crippen LogP contribution in [0.3, 0.4) is 0 Å². The Morgan fingerprint density at radius 2 is 2.00 bits per heavy atom. The molecule has 6 heteroatoms. The number of nitrogens with zero attached hydrogens (tertiary/aromatic N) is 2. The Labute approximate surface area is 170 Å².